The molecule has 0 aliphatic carbocycles. The first-order chi connectivity index (χ1) is 19.0. The van der Waals surface area contributed by atoms with Gasteiger partial charge in [0.2, 0.25) is 0 Å². The summed E-state index contributed by atoms with van der Waals surface area (Å²) in [5, 5.41) is 18.4. The monoisotopic (exact) mass is 522 g/mol. The molecule has 0 unspecified atom stereocenters. The minimum atomic E-state index is -0.463. The van der Waals surface area contributed by atoms with Gasteiger partial charge in [0.15, 0.2) is 5.82 Å². The van der Waals surface area contributed by atoms with Gasteiger partial charge in [0.05, 0.1) is 28.9 Å². The summed E-state index contributed by atoms with van der Waals surface area (Å²) in [7, 11) is 0. The van der Waals surface area contributed by atoms with Crippen LogP contribution < -0.4 is 16.2 Å². The molecule has 4 N–H and O–H groups in total. The zero-order valence-electron chi connectivity index (χ0n) is 21.3. The second-order valence-corrected chi connectivity index (χ2v) is 9.25. The molecule has 0 saturated heterocycles. The number of fused-ring (bicyclic) bond motifs is 2. The lowest BCUT2D eigenvalue weighted by Gasteiger charge is -2.20. The van der Waals surface area contributed by atoms with E-state index in [1.165, 1.54) is 6.33 Å². The lowest BCUT2D eigenvalue weighted by atomic mass is 10.2. The van der Waals surface area contributed by atoms with Crippen molar-refractivity contribution in [1.29, 1.82) is 0 Å². The Morgan fingerprint density at radius 3 is 2.77 bits per heavy atom. The quantitative estimate of drug-likeness (QED) is 0.240. The van der Waals surface area contributed by atoms with Crippen molar-refractivity contribution in [2.24, 2.45) is 0 Å². The lowest BCUT2D eigenvalue weighted by Crippen LogP contribution is -2.29. The average Bonchev–Trinajstić information content (AvgIpc) is 3.70. The van der Waals surface area contributed by atoms with Crippen molar-refractivity contribution in [3.8, 4) is 5.69 Å². The van der Waals surface area contributed by atoms with Crippen molar-refractivity contribution >= 4 is 28.3 Å². The van der Waals surface area contributed by atoms with Gasteiger partial charge >= 0.3 is 0 Å². The molecule has 196 valence electrons. The molecule has 1 amide bonds. The molecular weight excluding hydrogens is 496 g/mol. The van der Waals surface area contributed by atoms with Crippen LogP contribution in [0.1, 0.15) is 40.3 Å². The van der Waals surface area contributed by atoms with Gasteiger partial charge in [-0.05, 0) is 49.6 Å². The van der Waals surface area contributed by atoms with Gasteiger partial charge in [0.1, 0.15) is 23.3 Å². The summed E-state index contributed by atoms with van der Waals surface area (Å²) in [5.74, 6) is 0.688. The number of nitrogens with zero attached hydrogens (tertiary/aromatic N) is 6. The van der Waals surface area contributed by atoms with Gasteiger partial charge in [-0.1, -0.05) is 18.2 Å². The summed E-state index contributed by atoms with van der Waals surface area (Å²) in [6.07, 6.45) is 8.99. The molecule has 0 bridgehead atoms. The number of aryl methyl sites for hydroxylation is 1. The van der Waals surface area contributed by atoms with Crippen molar-refractivity contribution in [2.75, 3.05) is 11.9 Å². The van der Waals surface area contributed by atoms with E-state index < -0.39 is 6.04 Å². The summed E-state index contributed by atoms with van der Waals surface area (Å²) >= 11 is 0. The van der Waals surface area contributed by atoms with E-state index in [4.69, 9.17) is 5.10 Å². The Hall–Kier alpha value is -5.26. The molecule has 6 aromatic rings. The smallest absolute Gasteiger partial charge is 0.282 e. The maximum atomic E-state index is 13.7. The van der Waals surface area contributed by atoms with Crippen LogP contribution in [0.15, 0.2) is 72.3 Å². The van der Waals surface area contributed by atoms with Gasteiger partial charge in [0, 0.05) is 25.1 Å². The standard InChI is InChI=1S/C27H26N10O2/c1-16-9-11-36-22(16)27(39)37(19-6-4-3-5-7-19)25(35-36)17(2)34-24-21-20(14-29-23(21)30-15-31-24)26(38)28-10-8-18-12-32-33-13-18/h3-7,9,11-15,17H,8,10H2,1-2H3,(H,28,38)(H,32,33)(H2,29,30,31,34)/t17-/m0/s1. The highest BCUT2D eigenvalue weighted by Gasteiger charge is 2.23. The van der Waals surface area contributed by atoms with Crippen molar-refractivity contribution in [3.05, 3.63) is 100 Å². The maximum Gasteiger partial charge on any atom is 0.282 e. The fourth-order valence-electron chi connectivity index (χ4n) is 4.69. The Morgan fingerprint density at radius 2 is 1.97 bits per heavy atom. The van der Waals surface area contributed by atoms with Crippen LogP contribution in [-0.2, 0) is 6.42 Å². The molecule has 12 heteroatoms. The summed E-state index contributed by atoms with van der Waals surface area (Å²) in [5.41, 5.74) is 3.82. The van der Waals surface area contributed by atoms with E-state index in [-0.39, 0.29) is 11.5 Å². The Bertz CT molecular complexity index is 1830. The molecule has 0 spiro atoms. The molecule has 5 heterocycles. The number of benzene rings is 1. The van der Waals surface area contributed by atoms with Gasteiger partial charge in [-0.3, -0.25) is 19.3 Å². The largest absolute Gasteiger partial charge is 0.360 e. The molecule has 1 aromatic carbocycles. The van der Waals surface area contributed by atoms with Crippen molar-refractivity contribution in [2.45, 2.75) is 26.3 Å². The zero-order valence-corrected chi connectivity index (χ0v) is 21.3. The predicted octanol–water partition coefficient (Wildman–Crippen LogP) is 2.93. The minimum Gasteiger partial charge on any atom is -0.360 e. The lowest BCUT2D eigenvalue weighted by molar-refractivity contribution is 0.0956. The Kier molecular flexibility index (Phi) is 6.11. The van der Waals surface area contributed by atoms with Crippen LogP contribution in [0.5, 0.6) is 0 Å². The number of H-pyrrole nitrogens is 2. The first kappa shape index (κ1) is 24.1. The number of aromatic amines is 2. The summed E-state index contributed by atoms with van der Waals surface area (Å²) < 4.78 is 3.22. The number of hydrogen-bond donors (Lipinski definition) is 4. The number of para-hydroxylation sites is 1. The number of carbonyl (C=O) groups is 1. The number of hydrogen-bond acceptors (Lipinski definition) is 7. The summed E-state index contributed by atoms with van der Waals surface area (Å²) in [4.78, 5) is 38.6. The fourth-order valence-corrected chi connectivity index (χ4v) is 4.69. The van der Waals surface area contributed by atoms with E-state index in [0.29, 0.717) is 52.4 Å². The van der Waals surface area contributed by atoms with Crippen molar-refractivity contribution < 1.29 is 4.79 Å². The Morgan fingerprint density at radius 1 is 1.13 bits per heavy atom. The van der Waals surface area contributed by atoms with Gasteiger partial charge in [-0.15, -0.1) is 0 Å². The normalized spacial score (nSPS) is 12.2. The zero-order chi connectivity index (χ0) is 26.9. The number of anilines is 1. The predicted molar refractivity (Wildman–Crippen MR) is 146 cm³/mol. The first-order valence-electron chi connectivity index (χ1n) is 12.5. The molecule has 39 heavy (non-hydrogen) atoms. The summed E-state index contributed by atoms with van der Waals surface area (Å²) in [6.45, 7) is 4.23. The third kappa shape index (κ3) is 4.41. The summed E-state index contributed by atoms with van der Waals surface area (Å²) in [6, 6.07) is 10.8. The fraction of sp³-hybridized carbons (Fsp3) is 0.185. The molecule has 0 fully saturated rings. The number of carbonyl (C=O) groups excluding carboxylic acids is 1. The van der Waals surface area contributed by atoms with Crippen LogP contribution in [-0.4, -0.2) is 51.8 Å². The van der Waals surface area contributed by atoms with Crippen LogP contribution in [0, 0.1) is 6.92 Å². The van der Waals surface area contributed by atoms with E-state index in [9.17, 15) is 9.59 Å². The number of nitrogens with one attached hydrogen (secondary N) is 4. The van der Waals surface area contributed by atoms with Crippen LogP contribution in [0.25, 0.3) is 22.2 Å². The molecule has 12 nitrogen and oxygen atoms in total. The Labute approximate surface area is 222 Å². The van der Waals surface area contributed by atoms with Crippen LogP contribution in [0.2, 0.25) is 0 Å². The maximum absolute atomic E-state index is 13.7. The van der Waals surface area contributed by atoms with Gasteiger partial charge in [-0.2, -0.15) is 10.2 Å². The topological polar surface area (TPSA) is 151 Å². The number of rotatable bonds is 8. The molecule has 0 aliphatic rings. The van der Waals surface area contributed by atoms with E-state index in [0.717, 1.165) is 11.1 Å². The van der Waals surface area contributed by atoms with Gasteiger partial charge in [0.25, 0.3) is 11.5 Å². The Balaban J connectivity index is 1.36. The van der Waals surface area contributed by atoms with Crippen LogP contribution in [0.4, 0.5) is 5.82 Å². The molecular formula is C27H26N10O2. The highest BCUT2D eigenvalue weighted by Crippen LogP contribution is 2.27. The van der Waals surface area contributed by atoms with E-state index in [2.05, 4.69) is 35.8 Å². The minimum absolute atomic E-state index is 0.172. The van der Waals surface area contributed by atoms with Crippen molar-refractivity contribution in [3.63, 3.8) is 0 Å². The highest BCUT2D eigenvalue weighted by molar-refractivity contribution is 6.09. The third-order valence-electron chi connectivity index (χ3n) is 6.64. The first-order valence-corrected chi connectivity index (χ1v) is 12.5. The molecule has 1 atom stereocenters. The van der Waals surface area contributed by atoms with Gasteiger partial charge < -0.3 is 15.6 Å². The number of amides is 1. The molecule has 6 rings (SSSR count). The van der Waals surface area contributed by atoms with E-state index >= 15 is 0 Å². The van der Waals surface area contributed by atoms with Crippen molar-refractivity contribution in [1.82, 2.24) is 44.6 Å². The van der Waals surface area contributed by atoms with Crippen LogP contribution >= 0.6 is 0 Å². The van der Waals surface area contributed by atoms with Crippen LogP contribution in [0.3, 0.4) is 0 Å². The van der Waals surface area contributed by atoms with E-state index in [1.807, 2.05) is 50.2 Å². The number of aromatic nitrogens is 8. The third-order valence-corrected chi connectivity index (χ3v) is 6.64. The second-order valence-electron chi connectivity index (χ2n) is 9.25. The van der Waals surface area contributed by atoms with E-state index in [1.54, 1.807) is 33.9 Å². The second kappa shape index (κ2) is 9.89. The molecule has 5 aromatic heterocycles. The molecule has 0 aliphatic heterocycles. The average molecular weight is 523 g/mol. The van der Waals surface area contributed by atoms with Gasteiger partial charge in [-0.25, -0.2) is 14.5 Å². The SMILES string of the molecule is Cc1ccn2nc([C@H](C)Nc3ncnc4[nH]cc(C(=O)NCCc5cn[nH]c5)c34)n(-c3ccccc3)c(=O)c12. The molecule has 0 saturated carbocycles. The highest BCUT2D eigenvalue weighted by atomic mass is 16.1. The molecule has 0 radical (unpaired) electrons.